The Hall–Kier alpha value is -0.306. The Bertz CT molecular complexity index is 244. The summed E-state index contributed by atoms with van der Waals surface area (Å²) in [5.41, 5.74) is 6.78. The van der Waals surface area contributed by atoms with Gasteiger partial charge in [-0.05, 0) is 5.56 Å². The van der Waals surface area contributed by atoms with Gasteiger partial charge in [-0.25, -0.2) is 0 Å². The van der Waals surface area contributed by atoms with Gasteiger partial charge in [0.2, 0.25) is 0 Å². The Kier molecular flexibility index (Phi) is 11.4. The van der Waals surface area contributed by atoms with Gasteiger partial charge in [0, 0.05) is 32.7 Å². The topological polar surface area (TPSA) is 46.1 Å². The average Bonchev–Trinajstić information content (AvgIpc) is 2.21. The number of rotatable bonds is 2. The zero-order valence-electron chi connectivity index (χ0n) is 7.70. The smallest absolute Gasteiger partial charge is 0 e. The van der Waals surface area contributed by atoms with Crippen molar-refractivity contribution in [2.75, 3.05) is 7.05 Å². The third kappa shape index (κ3) is 5.86. The molecule has 1 N–H and O–H groups in total. The molecule has 0 aliphatic rings. The van der Waals surface area contributed by atoms with Crippen LogP contribution in [-0.2, 0) is 32.7 Å². The minimum atomic E-state index is 0. The van der Waals surface area contributed by atoms with E-state index in [0.29, 0.717) is 0 Å². The molecule has 0 aromatic heterocycles. The molecule has 2 nitrogen and oxygen atoms in total. The van der Waals surface area contributed by atoms with Gasteiger partial charge in [0.1, 0.15) is 0 Å². The third-order valence-corrected chi connectivity index (χ3v) is 1.26. The van der Waals surface area contributed by atoms with Gasteiger partial charge in [-0.2, -0.15) is 12.8 Å². The summed E-state index contributed by atoms with van der Waals surface area (Å²) >= 11 is 0. The SMILES string of the molecule is C=CC(=[N-])c1ccccc1.C[NH-].[Y]. The van der Waals surface area contributed by atoms with Crippen molar-refractivity contribution in [2.24, 2.45) is 0 Å². The largest absolute Gasteiger partial charge is 0.803 e. The van der Waals surface area contributed by atoms with Crippen molar-refractivity contribution in [1.82, 2.24) is 0 Å². The first-order valence-electron chi connectivity index (χ1n) is 3.58. The van der Waals surface area contributed by atoms with Crippen LogP contribution in [0.5, 0.6) is 0 Å². The molecule has 13 heavy (non-hydrogen) atoms. The summed E-state index contributed by atoms with van der Waals surface area (Å²) in [5, 5.41) is 9.13. The van der Waals surface area contributed by atoms with E-state index in [4.69, 9.17) is 11.1 Å². The van der Waals surface area contributed by atoms with Crippen LogP contribution in [0.3, 0.4) is 0 Å². The molecule has 1 aromatic carbocycles. The standard InChI is InChI=1S/C9H8N.CH4N.Y/c1-2-9(10)8-6-4-3-5-7-8;1-2;/h2-7H,1H2;2H,1H3;/q2*-1;. The molecule has 1 rings (SSSR count). The number of hydrogen-bond acceptors (Lipinski definition) is 0. The zero-order valence-corrected chi connectivity index (χ0v) is 10.5. The quantitative estimate of drug-likeness (QED) is 0.723. The minimum absolute atomic E-state index is 0. The van der Waals surface area contributed by atoms with Crippen molar-refractivity contribution in [2.45, 2.75) is 0 Å². The van der Waals surface area contributed by atoms with Gasteiger partial charge in [-0.1, -0.05) is 36.4 Å². The van der Waals surface area contributed by atoms with Gasteiger partial charge in [0.25, 0.3) is 0 Å². The van der Waals surface area contributed by atoms with E-state index in [-0.39, 0.29) is 38.4 Å². The Morgan fingerprint density at radius 3 is 2.15 bits per heavy atom. The number of hydrogen-bond donors (Lipinski definition) is 0. The fourth-order valence-corrected chi connectivity index (χ4v) is 0.727. The molecule has 0 unspecified atom stereocenters. The molecule has 1 radical (unpaired) electrons. The third-order valence-electron chi connectivity index (χ3n) is 1.26. The predicted molar refractivity (Wildman–Crippen MR) is 54.4 cm³/mol. The van der Waals surface area contributed by atoms with E-state index in [1.165, 1.54) is 13.1 Å². The van der Waals surface area contributed by atoms with E-state index < -0.39 is 0 Å². The van der Waals surface area contributed by atoms with Crippen molar-refractivity contribution >= 4 is 5.71 Å². The van der Waals surface area contributed by atoms with Crippen LogP contribution in [0.25, 0.3) is 11.1 Å². The maximum absolute atomic E-state index is 9.13. The molecule has 0 amide bonds. The van der Waals surface area contributed by atoms with E-state index >= 15 is 0 Å². The van der Waals surface area contributed by atoms with E-state index in [1.807, 2.05) is 30.3 Å². The van der Waals surface area contributed by atoms with E-state index in [1.54, 1.807) is 0 Å². The normalized spacial score (nSPS) is 7.23. The number of nitrogens with zero attached hydrogens (tertiary/aromatic N) is 1. The predicted octanol–water partition coefficient (Wildman–Crippen LogP) is 2.90. The summed E-state index contributed by atoms with van der Waals surface area (Å²) in [6.07, 6.45) is 1.43. The Morgan fingerprint density at radius 1 is 1.31 bits per heavy atom. The Balaban J connectivity index is 0. The molecule has 0 spiro atoms. The molecular formula is C10H12N2Y-2. The summed E-state index contributed by atoms with van der Waals surface area (Å²) in [6.45, 7) is 3.45. The first-order chi connectivity index (χ1) is 5.84. The summed E-state index contributed by atoms with van der Waals surface area (Å²) < 4.78 is 0. The molecule has 0 saturated carbocycles. The molecule has 3 heteroatoms. The molecule has 0 aliphatic heterocycles. The number of allylic oxidation sites excluding steroid dienone is 1. The molecule has 0 aliphatic carbocycles. The average molecular weight is 249 g/mol. The molecular weight excluding hydrogens is 237 g/mol. The van der Waals surface area contributed by atoms with E-state index in [9.17, 15) is 0 Å². The Morgan fingerprint density at radius 2 is 1.77 bits per heavy atom. The van der Waals surface area contributed by atoms with E-state index in [2.05, 4.69) is 6.58 Å². The van der Waals surface area contributed by atoms with Crippen molar-refractivity contribution in [3.8, 4) is 0 Å². The van der Waals surface area contributed by atoms with E-state index in [0.717, 1.165) is 5.56 Å². The van der Waals surface area contributed by atoms with Crippen LogP contribution in [0.1, 0.15) is 5.56 Å². The minimum Gasteiger partial charge on any atom is -0.803 e. The van der Waals surface area contributed by atoms with Crippen LogP contribution < -0.4 is 0 Å². The molecule has 0 fully saturated rings. The Labute approximate surface area is 105 Å². The van der Waals surface area contributed by atoms with Crippen LogP contribution >= 0.6 is 0 Å². The van der Waals surface area contributed by atoms with Crippen LogP contribution in [0.4, 0.5) is 0 Å². The van der Waals surface area contributed by atoms with Crippen molar-refractivity contribution in [3.63, 3.8) is 0 Å². The van der Waals surface area contributed by atoms with Gasteiger partial charge in [0.15, 0.2) is 0 Å². The van der Waals surface area contributed by atoms with Crippen molar-refractivity contribution in [3.05, 3.63) is 59.7 Å². The monoisotopic (exact) mass is 249 g/mol. The summed E-state index contributed by atoms with van der Waals surface area (Å²) in [4.78, 5) is 0. The summed E-state index contributed by atoms with van der Waals surface area (Å²) in [5.74, 6) is 0. The van der Waals surface area contributed by atoms with Gasteiger partial charge >= 0.3 is 0 Å². The van der Waals surface area contributed by atoms with Gasteiger partial charge in [0.05, 0.1) is 0 Å². The number of nitrogens with one attached hydrogen (secondary N) is 1. The van der Waals surface area contributed by atoms with Crippen LogP contribution in [0.15, 0.2) is 43.0 Å². The maximum atomic E-state index is 9.13. The van der Waals surface area contributed by atoms with Gasteiger partial charge in [-0.3, -0.25) is 0 Å². The second kappa shape index (κ2) is 9.78. The summed E-state index contributed by atoms with van der Waals surface area (Å²) in [6, 6.07) is 9.30. The fourth-order valence-electron chi connectivity index (χ4n) is 0.727. The van der Waals surface area contributed by atoms with Crippen LogP contribution in [0.2, 0.25) is 0 Å². The second-order valence-electron chi connectivity index (χ2n) is 1.96. The zero-order chi connectivity index (χ0) is 9.40. The fraction of sp³-hybridized carbons (Fsp3) is 0.100. The molecule has 0 bridgehead atoms. The molecule has 0 atom stereocenters. The summed E-state index contributed by atoms with van der Waals surface area (Å²) in [7, 11) is 1.25. The maximum Gasteiger partial charge on any atom is 0 e. The molecule has 67 valence electrons. The molecule has 0 heterocycles. The first-order valence-corrected chi connectivity index (χ1v) is 3.58. The number of benzene rings is 1. The van der Waals surface area contributed by atoms with Gasteiger partial charge < -0.3 is 11.1 Å². The van der Waals surface area contributed by atoms with Gasteiger partial charge in [-0.15, -0.1) is 6.58 Å². The first kappa shape index (κ1) is 15.2. The van der Waals surface area contributed by atoms with Crippen LogP contribution in [0, 0.1) is 0 Å². The molecule has 0 saturated heterocycles. The molecule has 1 aromatic rings. The van der Waals surface area contributed by atoms with Crippen molar-refractivity contribution < 1.29 is 32.7 Å². The van der Waals surface area contributed by atoms with Crippen molar-refractivity contribution in [1.29, 1.82) is 0 Å². The second-order valence-corrected chi connectivity index (χ2v) is 1.96. The van der Waals surface area contributed by atoms with Crippen LogP contribution in [-0.4, -0.2) is 12.8 Å².